The summed E-state index contributed by atoms with van der Waals surface area (Å²) in [6.45, 7) is 3.01. The van der Waals surface area contributed by atoms with Crippen molar-refractivity contribution in [2.75, 3.05) is 6.54 Å². The Morgan fingerprint density at radius 3 is 2.62 bits per heavy atom. The van der Waals surface area contributed by atoms with Crippen LogP contribution in [-0.4, -0.2) is 41.5 Å². The molecule has 0 atom stereocenters. The molecule has 2 aliphatic rings. The van der Waals surface area contributed by atoms with E-state index in [1.54, 1.807) is 6.92 Å². The standard InChI is InChI=1S/C25H34FN7O/c1-17(27)14-25(10-7-19(8-11-25)31-15-18-5-3-2-4-6-18)32-16-21(24(29)34)23(28)33-20-9-12-30-22(26)13-20/h2-6,13,16,19,27,31-32H,7-12,14-15H2,1H3,(H2,28,33)(H2,29,34)/p+1/b21-16+,27-17?. The Hall–Kier alpha value is -3.33. The summed E-state index contributed by atoms with van der Waals surface area (Å²) in [5, 5.41) is 15.1. The number of hydrogen-bond donors (Lipinski definition) is 6. The Balaban J connectivity index is 1.68. The van der Waals surface area contributed by atoms with Gasteiger partial charge >= 0.3 is 5.97 Å². The molecule has 0 saturated heterocycles. The van der Waals surface area contributed by atoms with Crippen LogP contribution in [0.3, 0.4) is 0 Å². The van der Waals surface area contributed by atoms with E-state index in [-0.39, 0.29) is 16.9 Å². The van der Waals surface area contributed by atoms with E-state index in [0.29, 0.717) is 36.8 Å². The average molecular weight is 469 g/mol. The van der Waals surface area contributed by atoms with Crippen LogP contribution in [0.1, 0.15) is 51.0 Å². The summed E-state index contributed by atoms with van der Waals surface area (Å²) < 4.78 is 13.5. The number of nitrogens with zero attached hydrogens (tertiary/aromatic N) is 1. The first-order chi connectivity index (χ1) is 16.3. The number of halogens is 1. The highest BCUT2D eigenvalue weighted by Crippen LogP contribution is 2.32. The van der Waals surface area contributed by atoms with Crippen LogP contribution in [0.15, 0.2) is 58.9 Å². The van der Waals surface area contributed by atoms with Gasteiger partial charge in [0.05, 0.1) is 17.3 Å². The van der Waals surface area contributed by atoms with E-state index < -0.39 is 11.9 Å². The van der Waals surface area contributed by atoms with E-state index in [2.05, 4.69) is 32.8 Å². The number of rotatable bonds is 10. The van der Waals surface area contributed by atoms with Crippen molar-refractivity contribution in [2.24, 2.45) is 16.5 Å². The van der Waals surface area contributed by atoms with Crippen molar-refractivity contribution >= 4 is 23.4 Å². The van der Waals surface area contributed by atoms with Gasteiger partial charge in [0.15, 0.2) is 0 Å². The minimum Gasteiger partial charge on any atom is -0.384 e. The number of allylic oxidation sites excluding steroid dienone is 1. The Morgan fingerprint density at radius 2 is 2.00 bits per heavy atom. The molecule has 1 aromatic carbocycles. The number of nitrogens with one attached hydrogen (secondary N) is 4. The zero-order valence-corrected chi connectivity index (χ0v) is 19.7. The molecule has 34 heavy (non-hydrogen) atoms. The van der Waals surface area contributed by atoms with Gasteiger partial charge in [0.2, 0.25) is 0 Å². The third-order valence-electron chi connectivity index (χ3n) is 6.28. The SMILES string of the molecule is CC(=N)CC1(N/C=C(/C(N)=O)C(N)=NC2=CC(F)=[NH+]CC2)CCC(NCc2ccccc2)CC1. The molecule has 8 N–H and O–H groups in total. The summed E-state index contributed by atoms with van der Waals surface area (Å²) in [4.78, 5) is 18.9. The van der Waals surface area contributed by atoms with Gasteiger partial charge in [0, 0.05) is 42.9 Å². The van der Waals surface area contributed by atoms with Gasteiger partial charge in [-0.2, -0.15) is 0 Å². The Kier molecular flexibility index (Phi) is 8.70. The maximum atomic E-state index is 13.5. The van der Waals surface area contributed by atoms with E-state index in [0.717, 1.165) is 32.2 Å². The van der Waals surface area contributed by atoms with E-state index in [4.69, 9.17) is 16.9 Å². The molecular weight excluding hydrogens is 433 g/mol. The van der Waals surface area contributed by atoms with Crippen molar-refractivity contribution in [1.29, 1.82) is 5.41 Å². The minimum absolute atomic E-state index is 0.0474. The van der Waals surface area contributed by atoms with Gasteiger partial charge in [0.1, 0.15) is 12.4 Å². The Morgan fingerprint density at radius 1 is 1.29 bits per heavy atom. The lowest BCUT2D eigenvalue weighted by atomic mass is 9.76. The summed E-state index contributed by atoms with van der Waals surface area (Å²) >= 11 is 0. The lowest BCUT2D eigenvalue weighted by molar-refractivity contribution is -0.463. The highest BCUT2D eigenvalue weighted by Gasteiger charge is 2.35. The normalized spacial score (nSPS) is 23.6. The summed E-state index contributed by atoms with van der Waals surface area (Å²) in [6, 6.07) is 10.7. The van der Waals surface area contributed by atoms with Gasteiger partial charge in [-0.15, -0.1) is 4.39 Å². The van der Waals surface area contributed by atoms with Crippen molar-refractivity contribution in [3.63, 3.8) is 0 Å². The fourth-order valence-electron chi connectivity index (χ4n) is 4.49. The summed E-state index contributed by atoms with van der Waals surface area (Å²) in [7, 11) is 0. The predicted octanol–water partition coefficient (Wildman–Crippen LogP) is 0.940. The van der Waals surface area contributed by atoms with Crippen LogP contribution in [0, 0.1) is 5.41 Å². The van der Waals surface area contributed by atoms with Crippen LogP contribution in [0.4, 0.5) is 4.39 Å². The maximum absolute atomic E-state index is 13.5. The topological polar surface area (TPSA) is 143 Å². The number of carbonyl (C=O) groups is 1. The molecule has 0 radical (unpaired) electrons. The van der Waals surface area contributed by atoms with Crippen LogP contribution in [-0.2, 0) is 11.3 Å². The fourth-order valence-corrected chi connectivity index (χ4v) is 4.49. The first-order valence-corrected chi connectivity index (χ1v) is 11.7. The summed E-state index contributed by atoms with van der Waals surface area (Å²) in [5.41, 5.74) is 13.6. The molecule has 3 rings (SSSR count). The Labute approximate surface area is 200 Å². The molecule has 1 heterocycles. The molecule has 1 aliphatic carbocycles. The second-order valence-electron chi connectivity index (χ2n) is 9.10. The third-order valence-corrected chi connectivity index (χ3v) is 6.28. The number of amidine groups is 1. The second-order valence-corrected chi connectivity index (χ2v) is 9.10. The average Bonchev–Trinajstić information content (AvgIpc) is 2.79. The smallest absolute Gasteiger partial charge is 0.354 e. The molecular formula is C25H35FN7O+. The number of aliphatic imine (C=N–C) groups is 1. The van der Waals surface area contributed by atoms with E-state index in [9.17, 15) is 9.18 Å². The minimum atomic E-state index is -0.715. The van der Waals surface area contributed by atoms with Crippen molar-refractivity contribution in [3.05, 3.63) is 59.4 Å². The quantitative estimate of drug-likeness (QED) is 0.173. The lowest BCUT2D eigenvalue weighted by Gasteiger charge is -2.41. The van der Waals surface area contributed by atoms with Crippen molar-refractivity contribution in [3.8, 4) is 0 Å². The summed E-state index contributed by atoms with van der Waals surface area (Å²) in [6.07, 6.45) is 7.34. The molecule has 8 nitrogen and oxygen atoms in total. The van der Waals surface area contributed by atoms with Gasteiger partial charge < -0.3 is 27.5 Å². The third kappa shape index (κ3) is 7.34. The molecule has 0 unspecified atom stereocenters. The zero-order chi connectivity index (χ0) is 24.6. The van der Waals surface area contributed by atoms with Gasteiger partial charge in [0.25, 0.3) is 5.91 Å². The van der Waals surface area contributed by atoms with Crippen molar-refractivity contribution < 1.29 is 14.2 Å². The molecule has 1 amide bonds. The number of carbonyl (C=O) groups excluding carboxylic acids is 1. The molecule has 182 valence electrons. The van der Waals surface area contributed by atoms with Crippen LogP contribution in [0.5, 0.6) is 0 Å². The molecule has 1 fully saturated rings. The van der Waals surface area contributed by atoms with Crippen LogP contribution < -0.4 is 27.1 Å². The largest absolute Gasteiger partial charge is 0.384 e. The van der Waals surface area contributed by atoms with E-state index in [1.807, 2.05) is 18.2 Å². The molecule has 1 aliphatic heterocycles. The first-order valence-electron chi connectivity index (χ1n) is 11.7. The molecule has 0 spiro atoms. The maximum Gasteiger partial charge on any atom is 0.354 e. The summed E-state index contributed by atoms with van der Waals surface area (Å²) in [5.74, 6) is -1.26. The Bertz CT molecular complexity index is 1010. The van der Waals surface area contributed by atoms with Gasteiger partial charge in [-0.25, -0.2) is 9.98 Å². The van der Waals surface area contributed by atoms with Crippen LogP contribution in [0.2, 0.25) is 0 Å². The molecule has 1 saturated carbocycles. The highest BCUT2D eigenvalue weighted by atomic mass is 19.1. The number of amides is 1. The number of primary amides is 1. The molecule has 9 heteroatoms. The highest BCUT2D eigenvalue weighted by molar-refractivity contribution is 6.19. The number of hydrogen-bond acceptors (Lipinski definition) is 5. The van der Waals surface area contributed by atoms with Crippen molar-refractivity contribution in [2.45, 2.75) is 63.6 Å². The molecule has 0 bridgehead atoms. The number of nitrogens with two attached hydrogens (primary N) is 2. The lowest BCUT2D eigenvalue weighted by Crippen LogP contribution is -2.73. The zero-order valence-electron chi connectivity index (χ0n) is 19.7. The number of benzene rings is 1. The van der Waals surface area contributed by atoms with Crippen LogP contribution in [0.25, 0.3) is 0 Å². The van der Waals surface area contributed by atoms with Gasteiger partial charge in [-0.1, -0.05) is 30.3 Å². The fraction of sp³-hybridized carbons (Fsp3) is 0.440. The van der Waals surface area contributed by atoms with Crippen LogP contribution >= 0.6 is 0 Å². The van der Waals surface area contributed by atoms with Crippen molar-refractivity contribution in [1.82, 2.24) is 10.6 Å². The van der Waals surface area contributed by atoms with E-state index in [1.165, 1.54) is 17.8 Å². The molecule has 0 aromatic heterocycles. The second kappa shape index (κ2) is 11.7. The van der Waals surface area contributed by atoms with E-state index >= 15 is 0 Å². The first kappa shape index (κ1) is 25.3. The predicted molar refractivity (Wildman–Crippen MR) is 133 cm³/mol. The van der Waals surface area contributed by atoms with Gasteiger partial charge in [-0.05, 0) is 38.2 Å². The molecule has 1 aromatic rings. The van der Waals surface area contributed by atoms with Gasteiger partial charge in [-0.3, -0.25) is 4.79 Å². The monoisotopic (exact) mass is 468 g/mol.